The van der Waals surface area contributed by atoms with Crippen molar-refractivity contribution in [2.45, 2.75) is 32.2 Å². The Balaban J connectivity index is 2.04. The molecular weight excluding hydrogens is 252 g/mol. The summed E-state index contributed by atoms with van der Waals surface area (Å²) >= 11 is 0. The summed E-state index contributed by atoms with van der Waals surface area (Å²) in [5, 5.41) is 2.90. The number of carbonyl (C=O) groups is 1. The number of anilines is 1. The molecule has 0 radical (unpaired) electrons. The SMILES string of the molecule is Cc1ccoc1C(N)c1ccc2c(c1)C(C)(C)C(=O)N2. The van der Waals surface area contributed by atoms with Gasteiger partial charge in [0.2, 0.25) is 5.91 Å². The maximum Gasteiger partial charge on any atom is 0.234 e. The minimum atomic E-state index is -0.525. The number of benzene rings is 1. The minimum Gasteiger partial charge on any atom is -0.467 e. The lowest BCUT2D eigenvalue weighted by atomic mass is 9.84. The molecule has 4 nitrogen and oxygen atoms in total. The first-order chi connectivity index (χ1) is 9.41. The van der Waals surface area contributed by atoms with Crippen LogP contribution in [0.5, 0.6) is 0 Å². The molecule has 1 aromatic heterocycles. The highest BCUT2D eigenvalue weighted by molar-refractivity contribution is 6.05. The van der Waals surface area contributed by atoms with Gasteiger partial charge in [-0.25, -0.2) is 0 Å². The number of nitrogens with one attached hydrogen (secondary N) is 1. The third-order valence-corrected chi connectivity index (χ3v) is 4.08. The van der Waals surface area contributed by atoms with Gasteiger partial charge < -0.3 is 15.5 Å². The largest absolute Gasteiger partial charge is 0.467 e. The van der Waals surface area contributed by atoms with Crippen LogP contribution in [0.3, 0.4) is 0 Å². The fourth-order valence-electron chi connectivity index (χ4n) is 2.64. The molecule has 0 fully saturated rings. The zero-order valence-electron chi connectivity index (χ0n) is 11.9. The van der Waals surface area contributed by atoms with Crippen LogP contribution in [0.25, 0.3) is 0 Å². The molecule has 20 heavy (non-hydrogen) atoms. The van der Waals surface area contributed by atoms with Crippen molar-refractivity contribution in [2.75, 3.05) is 5.32 Å². The summed E-state index contributed by atoms with van der Waals surface area (Å²) in [4.78, 5) is 12.0. The van der Waals surface area contributed by atoms with Gasteiger partial charge in [-0.15, -0.1) is 0 Å². The van der Waals surface area contributed by atoms with E-state index in [1.165, 1.54) is 0 Å². The summed E-state index contributed by atoms with van der Waals surface area (Å²) in [6.45, 7) is 5.81. The van der Waals surface area contributed by atoms with E-state index in [4.69, 9.17) is 10.2 Å². The Morgan fingerprint density at radius 3 is 2.70 bits per heavy atom. The Hall–Kier alpha value is -2.07. The van der Waals surface area contributed by atoms with Crippen LogP contribution in [-0.4, -0.2) is 5.91 Å². The smallest absolute Gasteiger partial charge is 0.234 e. The predicted octanol–water partition coefficient (Wildman–Crippen LogP) is 2.87. The van der Waals surface area contributed by atoms with Gasteiger partial charge in [0.05, 0.1) is 17.7 Å². The number of amides is 1. The van der Waals surface area contributed by atoms with E-state index < -0.39 is 5.41 Å². The molecule has 0 saturated heterocycles. The van der Waals surface area contributed by atoms with Crippen molar-refractivity contribution in [1.29, 1.82) is 0 Å². The Morgan fingerprint density at radius 1 is 1.30 bits per heavy atom. The molecule has 2 heterocycles. The normalized spacial score (nSPS) is 17.7. The lowest BCUT2D eigenvalue weighted by molar-refractivity contribution is -0.119. The summed E-state index contributed by atoms with van der Waals surface area (Å²) in [6.07, 6.45) is 1.65. The molecule has 0 spiro atoms. The van der Waals surface area contributed by atoms with Crippen molar-refractivity contribution < 1.29 is 9.21 Å². The summed E-state index contributed by atoms with van der Waals surface area (Å²) in [5.41, 5.74) is 9.59. The Bertz CT molecular complexity index is 686. The Kier molecular flexibility index (Phi) is 2.73. The molecule has 1 atom stereocenters. The maximum atomic E-state index is 12.0. The molecule has 0 saturated carbocycles. The van der Waals surface area contributed by atoms with E-state index in [0.29, 0.717) is 0 Å². The van der Waals surface area contributed by atoms with Crippen LogP contribution in [-0.2, 0) is 10.2 Å². The molecular formula is C16H18N2O2. The van der Waals surface area contributed by atoms with Gasteiger partial charge in [-0.2, -0.15) is 0 Å². The van der Waals surface area contributed by atoms with Gasteiger partial charge in [-0.05, 0) is 49.6 Å². The third kappa shape index (κ3) is 1.76. The van der Waals surface area contributed by atoms with Crippen LogP contribution >= 0.6 is 0 Å². The van der Waals surface area contributed by atoms with Crippen LogP contribution < -0.4 is 11.1 Å². The zero-order chi connectivity index (χ0) is 14.5. The monoisotopic (exact) mass is 270 g/mol. The molecule has 4 heteroatoms. The molecule has 1 amide bonds. The van der Waals surface area contributed by atoms with Gasteiger partial charge in [0.15, 0.2) is 0 Å². The van der Waals surface area contributed by atoms with Gasteiger partial charge in [0.1, 0.15) is 5.76 Å². The van der Waals surface area contributed by atoms with Crippen molar-refractivity contribution in [3.63, 3.8) is 0 Å². The summed E-state index contributed by atoms with van der Waals surface area (Å²) < 4.78 is 5.47. The second kappa shape index (κ2) is 4.21. The zero-order valence-corrected chi connectivity index (χ0v) is 11.9. The second-order valence-electron chi connectivity index (χ2n) is 5.83. The van der Waals surface area contributed by atoms with E-state index >= 15 is 0 Å². The summed E-state index contributed by atoms with van der Waals surface area (Å²) in [7, 11) is 0. The maximum absolute atomic E-state index is 12.0. The highest BCUT2D eigenvalue weighted by Gasteiger charge is 2.38. The van der Waals surface area contributed by atoms with E-state index in [2.05, 4.69) is 5.32 Å². The van der Waals surface area contributed by atoms with E-state index in [0.717, 1.165) is 28.1 Å². The van der Waals surface area contributed by atoms with Crippen LogP contribution in [0.2, 0.25) is 0 Å². The average molecular weight is 270 g/mol. The van der Waals surface area contributed by atoms with Crippen molar-refractivity contribution in [3.8, 4) is 0 Å². The third-order valence-electron chi connectivity index (χ3n) is 4.08. The van der Waals surface area contributed by atoms with E-state index in [1.54, 1.807) is 6.26 Å². The number of hydrogen-bond donors (Lipinski definition) is 2. The van der Waals surface area contributed by atoms with Gasteiger partial charge in [0, 0.05) is 5.69 Å². The lowest BCUT2D eigenvalue weighted by Crippen LogP contribution is -2.27. The number of furan rings is 1. The van der Waals surface area contributed by atoms with Crippen LogP contribution in [0.1, 0.15) is 42.3 Å². The number of fused-ring (bicyclic) bond motifs is 1. The molecule has 1 aromatic carbocycles. The minimum absolute atomic E-state index is 0.0207. The van der Waals surface area contributed by atoms with E-state index in [9.17, 15) is 4.79 Å². The molecule has 0 bridgehead atoms. The fourth-order valence-corrected chi connectivity index (χ4v) is 2.64. The molecule has 0 aliphatic carbocycles. The quantitative estimate of drug-likeness (QED) is 0.881. The first kappa shape index (κ1) is 12.9. The number of rotatable bonds is 2. The molecule has 1 aliphatic rings. The van der Waals surface area contributed by atoms with Gasteiger partial charge in [-0.1, -0.05) is 12.1 Å². The van der Waals surface area contributed by atoms with Crippen molar-refractivity contribution in [2.24, 2.45) is 5.73 Å². The van der Waals surface area contributed by atoms with Crippen molar-refractivity contribution >= 4 is 11.6 Å². The van der Waals surface area contributed by atoms with Gasteiger partial charge in [-0.3, -0.25) is 4.79 Å². The lowest BCUT2D eigenvalue weighted by Gasteiger charge is -2.17. The molecule has 104 valence electrons. The highest BCUT2D eigenvalue weighted by atomic mass is 16.3. The first-order valence-electron chi connectivity index (χ1n) is 6.66. The number of aryl methyl sites for hydroxylation is 1. The van der Waals surface area contributed by atoms with Crippen LogP contribution in [0.15, 0.2) is 34.9 Å². The number of hydrogen-bond acceptors (Lipinski definition) is 3. The average Bonchev–Trinajstić information content (AvgIpc) is 2.92. The van der Waals surface area contributed by atoms with Crippen molar-refractivity contribution in [3.05, 3.63) is 53.0 Å². The number of carbonyl (C=O) groups excluding carboxylic acids is 1. The molecule has 1 aliphatic heterocycles. The van der Waals surface area contributed by atoms with Crippen LogP contribution in [0.4, 0.5) is 5.69 Å². The van der Waals surface area contributed by atoms with Gasteiger partial charge in [0.25, 0.3) is 0 Å². The molecule has 1 unspecified atom stereocenters. The number of nitrogens with two attached hydrogens (primary N) is 1. The molecule has 2 aromatic rings. The van der Waals surface area contributed by atoms with Crippen molar-refractivity contribution in [1.82, 2.24) is 0 Å². The molecule has 3 rings (SSSR count). The fraction of sp³-hybridized carbons (Fsp3) is 0.312. The summed E-state index contributed by atoms with van der Waals surface area (Å²) in [6, 6.07) is 7.43. The first-order valence-corrected chi connectivity index (χ1v) is 6.66. The standard InChI is InChI=1S/C16H18N2O2/c1-9-6-7-20-14(9)13(17)10-4-5-12-11(8-10)16(2,3)15(19)18-12/h4-8,13H,17H2,1-3H3,(H,18,19). The second-order valence-corrected chi connectivity index (χ2v) is 5.83. The van der Waals surface area contributed by atoms with Crippen LogP contribution in [0, 0.1) is 6.92 Å². The predicted molar refractivity (Wildman–Crippen MR) is 77.6 cm³/mol. The molecule has 3 N–H and O–H groups in total. The Morgan fingerprint density at radius 2 is 2.05 bits per heavy atom. The topological polar surface area (TPSA) is 68.3 Å². The van der Waals surface area contributed by atoms with E-state index in [1.807, 2.05) is 45.0 Å². The van der Waals surface area contributed by atoms with Gasteiger partial charge >= 0.3 is 0 Å². The Labute approximate surface area is 118 Å². The highest BCUT2D eigenvalue weighted by Crippen LogP contribution is 2.39. The van der Waals surface area contributed by atoms with E-state index in [-0.39, 0.29) is 11.9 Å². The summed E-state index contributed by atoms with van der Waals surface area (Å²) in [5.74, 6) is 0.785.